The number of hydrogen-bond donors (Lipinski definition) is 1. The van der Waals surface area contributed by atoms with Gasteiger partial charge in [0.25, 0.3) is 0 Å². The lowest BCUT2D eigenvalue weighted by molar-refractivity contribution is 0.187. The zero-order valence-electron chi connectivity index (χ0n) is 18.6. The van der Waals surface area contributed by atoms with Gasteiger partial charge in [-0.15, -0.1) is 0 Å². The van der Waals surface area contributed by atoms with Crippen LogP contribution in [0.1, 0.15) is 24.9 Å². The van der Waals surface area contributed by atoms with Crippen molar-refractivity contribution in [3.8, 4) is 0 Å². The number of rotatable bonds is 9. The fraction of sp³-hybridized carbons (Fsp3) is 0.478. The zero-order chi connectivity index (χ0) is 22.4. The number of sulfonamides is 1. The first kappa shape index (κ1) is 23.5. The van der Waals surface area contributed by atoms with Crippen LogP contribution in [0.2, 0.25) is 0 Å². The maximum atomic E-state index is 13.2. The van der Waals surface area contributed by atoms with Crippen molar-refractivity contribution in [2.75, 3.05) is 62.4 Å². The monoisotopic (exact) mass is 448 g/mol. The van der Waals surface area contributed by atoms with Gasteiger partial charge < -0.3 is 9.80 Å². The van der Waals surface area contributed by atoms with Crippen molar-refractivity contribution in [2.24, 2.45) is 0 Å². The molecule has 1 aliphatic rings. The molecule has 0 bridgehead atoms. The number of anilines is 2. The quantitative estimate of drug-likeness (QED) is 0.639. The lowest BCUT2D eigenvalue weighted by Crippen LogP contribution is -2.50. The third-order valence-electron chi connectivity index (χ3n) is 5.71. The van der Waals surface area contributed by atoms with E-state index >= 15 is 0 Å². The Kier molecular flexibility index (Phi) is 7.91. The molecular weight excluding hydrogens is 415 g/mol. The molecule has 3 rings (SSSR count). The van der Waals surface area contributed by atoms with Crippen molar-refractivity contribution in [1.82, 2.24) is 9.62 Å². The fourth-order valence-corrected chi connectivity index (χ4v) is 5.04. The van der Waals surface area contributed by atoms with Crippen LogP contribution in [0, 0.1) is 5.82 Å². The maximum Gasteiger partial charge on any atom is 0.211 e. The molecule has 0 aromatic heterocycles. The molecule has 1 atom stereocenters. The van der Waals surface area contributed by atoms with E-state index < -0.39 is 10.0 Å². The van der Waals surface area contributed by atoms with Crippen LogP contribution in [0.15, 0.2) is 48.5 Å². The molecule has 0 unspecified atom stereocenters. The third-order valence-corrected chi connectivity index (χ3v) is 7.26. The largest absolute Gasteiger partial charge is 0.378 e. The Hall–Kier alpha value is -2.16. The fourth-order valence-electron chi connectivity index (χ4n) is 3.94. The van der Waals surface area contributed by atoms with Crippen LogP contribution in [0.5, 0.6) is 0 Å². The van der Waals surface area contributed by atoms with E-state index in [2.05, 4.69) is 38.8 Å². The highest BCUT2D eigenvalue weighted by Crippen LogP contribution is 2.26. The first-order valence-electron chi connectivity index (χ1n) is 10.8. The Balaban J connectivity index is 1.73. The van der Waals surface area contributed by atoms with Crippen LogP contribution in [-0.2, 0) is 10.0 Å². The molecule has 0 saturated carbocycles. The summed E-state index contributed by atoms with van der Waals surface area (Å²) in [5, 5.41) is 0. The van der Waals surface area contributed by atoms with Crippen LogP contribution >= 0.6 is 0 Å². The number of piperazine rings is 1. The first-order chi connectivity index (χ1) is 14.8. The summed E-state index contributed by atoms with van der Waals surface area (Å²) in [4.78, 5) is 6.62. The number of halogens is 1. The second kappa shape index (κ2) is 10.4. The topological polar surface area (TPSA) is 55.9 Å². The predicted octanol–water partition coefficient (Wildman–Crippen LogP) is 3.08. The molecule has 1 saturated heterocycles. The Morgan fingerprint density at radius 3 is 2.16 bits per heavy atom. The molecule has 2 aromatic carbocycles. The normalized spacial score (nSPS) is 16.3. The van der Waals surface area contributed by atoms with Gasteiger partial charge in [-0.25, -0.2) is 17.5 Å². The second-order valence-electron chi connectivity index (χ2n) is 8.17. The smallest absolute Gasteiger partial charge is 0.211 e. The zero-order valence-corrected chi connectivity index (χ0v) is 19.4. The van der Waals surface area contributed by atoms with Gasteiger partial charge in [-0.1, -0.05) is 19.1 Å². The van der Waals surface area contributed by atoms with Gasteiger partial charge in [0.2, 0.25) is 10.0 Å². The van der Waals surface area contributed by atoms with E-state index in [1.54, 1.807) is 12.1 Å². The average Bonchev–Trinajstić information content (AvgIpc) is 2.75. The van der Waals surface area contributed by atoms with Crippen LogP contribution in [0.25, 0.3) is 0 Å². The molecule has 170 valence electrons. The molecule has 1 aliphatic heterocycles. The Morgan fingerprint density at radius 2 is 1.61 bits per heavy atom. The van der Waals surface area contributed by atoms with E-state index in [-0.39, 0.29) is 17.6 Å². The summed E-state index contributed by atoms with van der Waals surface area (Å²) in [5.41, 5.74) is 3.21. The summed E-state index contributed by atoms with van der Waals surface area (Å²) in [6, 6.07) is 14.8. The van der Waals surface area contributed by atoms with Gasteiger partial charge in [-0.3, -0.25) is 4.90 Å². The summed E-state index contributed by atoms with van der Waals surface area (Å²) >= 11 is 0. The van der Waals surface area contributed by atoms with Crippen LogP contribution < -0.4 is 14.5 Å². The lowest BCUT2D eigenvalue weighted by Gasteiger charge is -2.40. The Bertz CT molecular complexity index is 925. The molecule has 0 radical (unpaired) electrons. The van der Waals surface area contributed by atoms with Gasteiger partial charge in [0.15, 0.2) is 0 Å². The van der Waals surface area contributed by atoms with E-state index in [1.807, 2.05) is 25.9 Å². The van der Waals surface area contributed by atoms with Crippen molar-refractivity contribution in [1.29, 1.82) is 0 Å². The van der Waals surface area contributed by atoms with Gasteiger partial charge in [0, 0.05) is 64.2 Å². The molecule has 1 heterocycles. The highest BCUT2D eigenvalue weighted by atomic mass is 32.2. The van der Waals surface area contributed by atoms with Crippen molar-refractivity contribution in [2.45, 2.75) is 19.4 Å². The van der Waals surface area contributed by atoms with Gasteiger partial charge >= 0.3 is 0 Å². The van der Waals surface area contributed by atoms with Crippen molar-refractivity contribution >= 4 is 21.4 Å². The summed E-state index contributed by atoms with van der Waals surface area (Å²) in [6.45, 7) is 5.42. The minimum absolute atomic E-state index is 0.0433. The molecule has 0 spiro atoms. The van der Waals surface area contributed by atoms with Gasteiger partial charge in [0.1, 0.15) is 5.82 Å². The summed E-state index contributed by atoms with van der Waals surface area (Å²) in [5.74, 6) is -0.0968. The number of nitrogens with one attached hydrogen (secondary N) is 1. The van der Waals surface area contributed by atoms with E-state index in [1.165, 1.54) is 12.1 Å². The van der Waals surface area contributed by atoms with Crippen molar-refractivity contribution in [3.05, 3.63) is 59.9 Å². The Morgan fingerprint density at radius 1 is 1.00 bits per heavy atom. The maximum absolute atomic E-state index is 13.2. The molecule has 0 amide bonds. The summed E-state index contributed by atoms with van der Waals surface area (Å²) in [7, 11) is 0.716. The lowest BCUT2D eigenvalue weighted by atomic mass is 10.0. The van der Waals surface area contributed by atoms with Crippen molar-refractivity contribution in [3.63, 3.8) is 0 Å². The minimum atomic E-state index is -3.28. The molecule has 6 nitrogen and oxygen atoms in total. The molecule has 2 aromatic rings. The summed E-state index contributed by atoms with van der Waals surface area (Å²) in [6.07, 6.45) is 0.591. The SMILES string of the molecule is CCCS(=O)(=O)NC[C@H](c1ccc(N(C)C)cc1)N1CCN(c2ccc(F)cc2)CC1. The molecule has 31 heavy (non-hydrogen) atoms. The third kappa shape index (κ3) is 6.41. The van der Waals surface area contributed by atoms with E-state index in [0.717, 1.165) is 43.1 Å². The van der Waals surface area contributed by atoms with Gasteiger partial charge in [-0.05, 0) is 48.4 Å². The number of hydrogen-bond acceptors (Lipinski definition) is 5. The summed E-state index contributed by atoms with van der Waals surface area (Å²) < 4.78 is 40.6. The highest BCUT2D eigenvalue weighted by molar-refractivity contribution is 7.89. The number of nitrogens with zero attached hydrogens (tertiary/aromatic N) is 3. The van der Waals surface area contributed by atoms with Crippen LogP contribution in [-0.4, -0.2) is 65.9 Å². The molecular formula is C23H33FN4O2S. The highest BCUT2D eigenvalue weighted by Gasteiger charge is 2.26. The molecule has 8 heteroatoms. The first-order valence-corrected chi connectivity index (χ1v) is 12.4. The average molecular weight is 449 g/mol. The van der Waals surface area contributed by atoms with Gasteiger partial charge in [-0.2, -0.15) is 0 Å². The van der Waals surface area contributed by atoms with E-state index in [0.29, 0.717) is 13.0 Å². The predicted molar refractivity (Wildman–Crippen MR) is 126 cm³/mol. The number of benzene rings is 2. The van der Waals surface area contributed by atoms with Crippen molar-refractivity contribution < 1.29 is 12.8 Å². The van der Waals surface area contributed by atoms with Crippen LogP contribution in [0.3, 0.4) is 0 Å². The molecule has 1 N–H and O–H groups in total. The minimum Gasteiger partial charge on any atom is -0.378 e. The standard InChI is InChI=1S/C23H33FN4O2S/c1-4-17-31(29,30)25-18-23(19-5-9-21(10-6-19)26(2)3)28-15-13-27(14-16-28)22-11-7-20(24)8-12-22/h5-12,23,25H,4,13-18H2,1-3H3/t23-/m1/s1. The second-order valence-corrected chi connectivity index (χ2v) is 10.1. The Labute approximate surface area is 185 Å². The van der Waals surface area contributed by atoms with Crippen LogP contribution in [0.4, 0.5) is 15.8 Å². The van der Waals surface area contributed by atoms with E-state index in [4.69, 9.17) is 0 Å². The molecule has 0 aliphatic carbocycles. The molecule has 1 fully saturated rings. The van der Waals surface area contributed by atoms with Gasteiger partial charge in [0.05, 0.1) is 5.75 Å². The van der Waals surface area contributed by atoms with E-state index in [9.17, 15) is 12.8 Å².